The van der Waals surface area contributed by atoms with Crippen LogP contribution in [0, 0.1) is 10.1 Å². The normalized spacial score (nSPS) is 13.9. The number of non-ortho nitro benzene ring substituents is 1. The van der Waals surface area contributed by atoms with Gasteiger partial charge in [0.2, 0.25) is 11.8 Å². The third kappa shape index (κ3) is 3.66. The Balaban J connectivity index is 1.69. The van der Waals surface area contributed by atoms with Gasteiger partial charge in [0.15, 0.2) is 0 Å². The Bertz CT molecular complexity index is 877. The van der Waals surface area contributed by atoms with Gasteiger partial charge in [-0.05, 0) is 36.4 Å². The van der Waals surface area contributed by atoms with Gasteiger partial charge in [0.1, 0.15) is 0 Å². The second-order valence-corrected chi connectivity index (χ2v) is 5.57. The standard InChI is InChI=1S/C17H14N4O5/c22-15-9-10-16(23)20(19-15)13-5-1-11(2-6-13)17(24)18-12-3-7-14(8-4-12)21(25)26/h1-8H,9-10H2,(H,18,24)(H,19,22). The van der Waals surface area contributed by atoms with Crippen LogP contribution in [0.2, 0.25) is 0 Å². The Morgan fingerprint density at radius 1 is 1.04 bits per heavy atom. The number of carbonyl (C=O) groups excluding carboxylic acids is 3. The SMILES string of the molecule is O=C1CCC(=O)N(c2ccc(C(=O)Nc3ccc([N+](=O)[O-])cc3)cc2)N1. The Morgan fingerprint density at radius 3 is 2.31 bits per heavy atom. The zero-order chi connectivity index (χ0) is 18.7. The van der Waals surface area contributed by atoms with Crippen molar-refractivity contribution < 1.29 is 19.3 Å². The van der Waals surface area contributed by atoms with Crippen molar-refractivity contribution >= 4 is 34.8 Å². The summed E-state index contributed by atoms with van der Waals surface area (Å²) >= 11 is 0. The molecule has 0 aliphatic carbocycles. The number of hydrazine groups is 1. The van der Waals surface area contributed by atoms with E-state index in [9.17, 15) is 24.5 Å². The number of nitrogens with zero attached hydrogens (tertiary/aromatic N) is 2. The average molecular weight is 354 g/mol. The molecule has 0 unspecified atom stereocenters. The van der Waals surface area contributed by atoms with Gasteiger partial charge >= 0.3 is 0 Å². The molecule has 0 spiro atoms. The molecule has 1 heterocycles. The number of amides is 3. The molecule has 1 saturated heterocycles. The lowest BCUT2D eigenvalue weighted by Gasteiger charge is -2.27. The molecule has 2 aromatic rings. The Labute approximate surface area is 147 Å². The fraction of sp³-hybridized carbons (Fsp3) is 0.118. The maximum absolute atomic E-state index is 12.2. The highest BCUT2D eigenvalue weighted by Gasteiger charge is 2.24. The Kier molecular flexibility index (Phi) is 4.61. The van der Waals surface area contributed by atoms with Crippen LogP contribution < -0.4 is 15.8 Å². The summed E-state index contributed by atoms with van der Waals surface area (Å²) in [5.41, 5.74) is 3.61. The van der Waals surface area contributed by atoms with E-state index in [2.05, 4.69) is 10.7 Å². The lowest BCUT2D eigenvalue weighted by atomic mass is 10.1. The highest BCUT2D eigenvalue weighted by Crippen LogP contribution is 2.19. The number of anilines is 2. The molecule has 26 heavy (non-hydrogen) atoms. The van der Waals surface area contributed by atoms with Gasteiger partial charge in [0.25, 0.3) is 11.6 Å². The van der Waals surface area contributed by atoms with Crippen LogP contribution in [0.5, 0.6) is 0 Å². The molecular formula is C17H14N4O5. The van der Waals surface area contributed by atoms with Gasteiger partial charge in [-0.1, -0.05) is 0 Å². The number of rotatable bonds is 4. The van der Waals surface area contributed by atoms with Gasteiger partial charge in [-0.3, -0.25) is 29.9 Å². The van der Waals surface area contributed by atoms with Crippen LogP contribution in [0.25, 0.3) is 0 Å². The van der Waals surface area contributed by atoms with E-state index >= 15 is 0 Å². The van der Waals surface area contributed by atoms with Crippen LogP contribution in [0.15, 0.2) is 48.5 Å². The first-order chi connectivity index (χ1) is 12.4. The summed E-state index contributed by atoms with van der Waals surface area (Å²) in [6, 6.07) is 11.6. The van der Waals surface area contributed by atoms with Crippen LogP contribution in [0.1, 0.15) is 23.2 Å². The second kappa shape index (κ2) is 7.01. The van der Waals surface area contributed by atoms with Crippen molar-refractivity contribution in [2.75, 3.05) is 10.3 Å². The molecule has 0 radical (unpaired) electrons. The largest absolute Gasteiger partial charge is 0.322 e. The van der Waals surface area contributed by atoms with Crippen LogP contribution >= 0.6 is 0 Å². The third-order valence-electron chi connectivity index (χ3n) is 3.78. The molecule has 1 aliphatic rings. The van der Waals surface area contributed by atoms with Crippen molar-refractivity contribution in [2.24, 2.45) is 0 Å². The van der Waals surface area contributed by atoms with Gasteiger partial charge < -0.3 is 5.32 Å². The van der Waals surface area contributed by atoms with Crippen LogP contribution in [0.4, 0.5) is 17.1 Å². The minimum atomic E-state index is -0.523. The number of carbonyl (C=O) groups is 3. The predicted molar refractivity (Wildman–Crippen MR) is 92.4 cm³/mol. The van der Waals surface area contributed by atoms with Gasteiger partial charge in [-0.15, -0.1) is 0 Å². The molecule has 3 amide bonds. The zero-order valence-corrected chi connectivity index (χ0v) is 13.5. The summed E-state index contributed by atoms with van der Waals surface area (Å²) in [6.07, 6.45) is 0.291. The summed E-state index contributed by atoms with van der Waals surface area (Å²) < 4.78 is 0. The zero-order valence-electron chi connectivity index (χ0n) is 13.5. The molecular weight excluding hydrogens is 340 g/mol. The smallest absolute Gasteiger partial charge is 0.269 e. The Hall–Kier alpha value is -3.75. The van der Waals surface area contributed by atoms with E-state index in [4.69, 9.17) is 0 Å². The molecule has 2 aromatic carbocycles. The van der Waals surface area contributed by atoms with E-state index in [0.717, 1.165) is 5.01 Å². The first kappa shape index (κ1) is 17.1. The molecule has 1 aliphatic heterocycles. The van der Waals surface area contributed by atoms with Crippen LogP contribution in [0.3, 0.4) is 0 Å². The molecule has 0 atom stereocenters. The van der Waals surface area contributed by atoms with Crippen molar-refractivity contribution in [3.05, 3.63) is 64.2 Å². The van der Waals surface area contributed by atoms with Crippen molar-refractivity contribution in [2.45, 2.75) is 12.8 Å². The number of benzene rings is 2. The van der Waals surface area contributed by atoms with Crippen molar-refractivity contribution in [1.29, 1.82) is 0 Å². The quantitative estimate of drug-likeness (QED) is 0.642. The number of hydrogen-bond acceptors (Lipinski definition) is 5. The predicted octanol–water partition coefficient (Wildman–Crippen LogP) is 2.01. The minimum Gasteiger partial charge on any atom is -0.322 e. The molecule has 9 heteroatoms. The molecule has 0 bridgehead atoms. The van der Waals surface area contributed by atoms with E-state index in [1.165, 1.54) is 36.4 Å². The van der Waals surface area contributed by atoms with Gasteiger partial charge in [-0.2, -0.15) is 0 Å². The summed E-state index contributed by atoms with van der Waals surface area (Å²) in [5, 5.41) is 14.4. The first-order valence-electron chi connectivity index (χ1n) is 7.72. The van der Waals surface area contributed by atoms with Crippen LogP contribution in [-0.2, 0) is 9.59 Å². The monoisotopic (exact) mass is 354 g/mol. The van der Waals surface area contributed by atoms with E-state index in [1.54, 1.807) is 12.1 Å². The fourth-order valence-electron chi connectivity index (χ4n) is 2.42. The van der Waals surface area contributed by atoms with E-state index in [1.807, 2.05) is 0 Å². The van der Waals surface area contributed by atoms with Crippen LogP contribution in [-0.4, -0.2) is 22.6 Å². The molecule has 9 nitrogen and oxygen atoms in total. The van der Waals surface area contributed by atoms with E-state index < -0.39 is 10.8 Å². The van der Waals surface area contributed by atoms with Gasteiger partial charge in [0, 0.05) is 36.2 Å². The molecule has 1 fully saturated rings. The molecule has 0 aromatic heterocycles. The first-order valence-corrected chi connectivity index (χ1v) is 7.72. The average Bonchev–Trinajstić information content (AvgIpc) is 2.64. The molecule has 132 valence electrons. The summed E-state index contributed by atoms with van der Waals surface area (Å²) in [6.45, 7) is 0. The highest BCUT2D eigenvalue weighted by molar-refractivity contribution is 6.05. The summed E-state index contributed by atoms with van der Waals surface area (Å²) in [5.74, 6) is -0.878. The Morgan fingerprint density at radius 2 is 1.69 bits per heavy atom. The van der Waals surface area contributed by atoms with E-state index in [0.29, 0.717) is 16.9 Å². The van der Waals surface area contributed by atoms with E-state index in [-0.39, 0.29) is 30.3 Å². The van der Waals surface area contributed by atoms with Crippen molar-refractivity contribution in [1.82, 2.24) is 5.43 Å². The molecule has 2 N–H and O–H groups in total. The highest BCUT2D eigenvalue weighted by atomic mass is 16.6. The van der Waals surface area contributed by atoms with Gasteiger partial charge in [-0.25, -0.2) is 5.01 Å². The molecule has 3 rings (SSSR count). The lowest BCUT2D eigenvalue weighted by Crippen LogP contribution is -2.50. The number of nitro benzene ring substituents is 1. The summed E-state index contributed by atoms with van der Waals surface area (Å²) in [4.78, 5) is 45.6. The van der Waals surface area contributed by atoms with Gasteiger partial charge in [0.05, 0.1) is 10.6 Å². The number of hydrogen-bond donors (Lipinski definition) is 2. The maximum atomic E-state index is 12.2. The maximum Gasteiger partial charge on any atom is 0.269 e. The third-order valence-corrected chi connectivity index (χ3v) is 3.78. The second-order valence-electron chi connectivity index (χ2n) is 5.57. The van der Waals surface area contributed by atoms with Crippen molar-refractivity contribution in [3.8, 4) is 0 Å². The number of nitrogens with one attached hydrogen (secondary N) is 2. The fourth-order valence-corrected chi connectivity index (χ4v) is 2.42. The van der Waals surface area contributed by atoms with Crippen molar-refractivity contribution in [3.63, 3.8) is 0 Å². The summed E-state index contributed by atoms with van der Waals surface area (Å²) in [7, 11) is 0. The topological polar surface area (TPSA) is 122 Å². The minimum absolute atomic E-state index is 0.0689. The lowest BCUT2D eigenvalue weighted by molar-refractivity contribution is -0.384. The number of nitro groups is 1. The molecule has 0 saturated carbocycles.